The zero-order chi connectivity index (χ0) is 13.8. The van der Waals surface area contributed by atoms with Gasteiger partial charge in [0, 0.05) is 6.42 Å². The Bertz CT molecular complexity index is 495. The number of benzene rings is 1. The van der Waals surface area contributed by atoms with E-state index in [9.17, 15) is 14.0 Å². The molecule has 0 spiro atoms. The van der Waals surface area contributed by atoms with Gasteiger partial charge in [0.05, 0.1) is 11.3 Å². The molecule has 0 radical (unpaired) electrons. The van der Waals surface area contributed by atoms with Crippen LogP contribution in [0.5, 0.6) is 0 Å². The van der Waals surface area contributed by atoms with Crippen molar-refractivity contribution in [3.8, 4) is 0 Å². The van der Waals surface area contributed by atoms with Gasteiger partial charge in [0.25, 0.3) is 0 Å². The van der Waals surface area contributed by atoms with Gasteiger partial charge in [-0.05, 0) is 37.0 Å². The minimum absolute atomic E-state index is 0.0236. The smallest absolute Gasteiger partial charge is 0.337 e. The highest BCUT2D eigenvalue weighted by Gasteiger charge is 2.20. The van der Waals surface area contributed by atoms with Gasteiger partial charge in [-0.25, -0.2) is 9.18 Å². The number of hydrogen-bond acceptors (Lipinski definition) is 2. The van der Waals surface area contributed by atoms with E-state index in [1.54, 1.807) is 0 Å². The second kappa shape index (κ2) is 5.82. The van der Waals surface area contributed by atoms with E-state index in [0.29, 0.717) is 12.3 Å². The number of amides is 1. The summed E-state index contributed by atoms with van der Waals surface area (Å²) in [7, 11) is 0. The SMILES string of the molecule is O=C(CC1CCCC1)Nc1cc(F)ccc1C(=O)O. The number of aromatic carboxylic acids is 1. The van der Waals surface area contributed by atoms with Crippen LogP contribution >= 0.6 is 0 Å². The van der Waals surface area contributed by atoms with Crippen molar-refractivity contribution in [1.29, 1.82) is 0 Å². The van der Waals surface area contributed by atoms with Gasteiger partial charge in [-0.1, -0.05) is 12.8 Å². The van der Waals surface area contributed by atoms with Crippen molar-refractivity contribution < 1.29 is 19.1 Å². The van der Waals surface area contributed by atoms with E-state index in [4.69, 9.17) is 5.11 Å². The van der Waals surface area contributed by atoms with Gasteiger partial charge in [0.1, 0.15) is 5.82 Å². The van der Waals surface area contributed by atoms with Crippen LogP contribution in [0.25, 0.3) is 0 Å². The highest BCUT2D eigenvalue weighted by Crippen LogP contribution is 2.28. The molecule has 1 aliphatic rings. The summed E-state index contributed by atoms with van der Waals surface area (Å²) in [4.78, 5) is 22.8. The maximum absolute atomic E-state index is 13.1. The average Bonchev–Trinajstić information content (AvgIpc) is 2.81. The minimum Gasteiger partial charge on any atom is -0.478 e. The zero-order valence-electron chi connectivity index (χ0n) is 10.5. The number of halogens is 1. The highest BCUT2D eigenvalue weighted by molar-refractivity contribution is 6.00. The van der Waals surface area contributed by atoms with E-state index in [0.717, 1.165) is 43.9 Å². The third-order valence-corrected chi connectivity index (χ3v) is 3.43. The van der Waals surface area contributed by atoms with Crippen LogP contribution in [0.3, 0.4) is 0 Å². The lowest BCUT2D eigenvalue weighted by Crippen LogP contribution is -2.17. The Balaban J connectivity index is 2.06. The van der Waals surface area contributed by atoms with Crippen molar-refractivity contribution in [2.45, 2.75) is 32.1 Å². The molecule has 102 valence electrons. The molecule has 0 atom stereocenters. The van der Waals surface area contributed by atoms with Gasteiger partial charge in [-0.2, -0.15) is 0 Å². The summed E-state index contributed by atoms with van der Waals surface area (Å²) in [6.45, 7) is 0. The van der Waals surface area contributed by atoms with E-state index < -0.39 is 11.8 Å². The molecule has 2 N–H and O–H groups in total. The fourth-order valence-electron chi connectivity index (χ4n) is 2.48. The second-order valence-electron chi connectivity index (χ2n) is 4.90. The van der Waals surface area contributed by atoms with Crippen LogP contribution in [0.4, 0.5) is 10.1 Å². The Labute approximate surface area is 110 Å². The summed E-state index contributed by atoms with van der Waals surface area (Å²) >= 11 is 0. The van der Waals surface area contributed by atoms with Crippen molar-refractivity contribution in [3.05, 3.63) is 29.6 Å². The molecule has 0 bridgehead atoms. The lowest BCUT2D eigenvalue weighted by atomic mass is 10.0. The molecule has 4 nitrogen and oxygen atoms in total. The number of carbonyl (C=O) groups excluding carboxylic acids is 1. The van der Waals surface area contributed by atoms with Crippen molar-refractivity contribution in [2.75, 3.05) is 5.32 Å². The quantitative estimate of drug-likeness (QED) is 0.879. The summed E-state index contributed by atoms with van der Waals surface area (Å²) in [5, 5.41) is 11.5. The third kappa shape index (κ3) is 3.53. The molecule has 1 saturated carbocycles. The largest absolute Gasteiger partial charge is 0.478 e. The number of rotatable bonds is 4. The van der Waals surface area contributed by atoms with Gasteiger partial charge in [0.15, 0.2) is 0 Å². The van der Waals surface area contributed by atoms with Crippen LogP contribution in [-0.4, -0.2) is 17.0 Å². The molecule has 19 heavy (non-hydrogen) atoms. The van der Waals surface area contributed by atoms with Crippen LogP contribution < -0.4 is 5.32 Å². The molecule has 0 aliphatic heterocycles. The molecule has 1 amide bonds. The number of carboxylic acid groups (broad SMARTS) is 1. The van der Waals surface area contributed by atoms with Crippen molar-refractivity contribution in [3.63, 3.8) is 0 Å². The Morgan fingerprint density at radius 1 is 1.32 bits per heavy atom. The molecule has 2 rings (SSSR count). The van der Waals surface area contributed by atoms with Gasteiger partial charge in [-0.3, -0.25) is 4.79 Å². The van der Waals surface area contributed by atoms with Crippen molar-refractivity contribution >= 4 is 17.6 Å². The summed E-state index contributed by atoms with van der Waals surface area (Å²) < 4.78 is 13.1. The molecule has 0 saturated heterocycles. The van der Waals surface area contributed by atoms with E-state index >= 15 is 0 Å². The lowest BCUT2D eigenvalue weighted by molar-refractivity contribution is -0.117. The van der Waals surface area contributed by atoms with Gasteiger partial charge >= 0.3 is 5.97 Å². The maximum Gasteiger partial charge on any atom is 0.337 e. The fraction of sp³-hybridized carbons (Fsp3) is 0.429. The number of carboxylic acids is 1. The Morgan fingerprint density at radius 2 is 2.00 bits per heavy atom. The van der Waals surface area contributed by atoms with E-state index in [1.165, 1.54) is 0 Å². The first-order valence-electron chi connectivity index (χ1n) is 6.39. The van der Waals surface area contributed by atoms with Gasteiger partial charge in [0.2, 0.25) is 5.91 Å². The zero-order valence-corrected chi connectivity index (χ0v) is 10.5. The molecule has 5 heteroatoms. The normalized spacial score (nSPS) is 15.4. The molecular weight excluding hydrogens is 249 g/mol. The standard InChI is InChI=1S/C14H16FNO3/c15-10-5-6-11(14(18)19)12(8-10)16-13(17)7-9-3-1-2-4-9/h5-6,8-9H,1-4,7H2,(H,16,17)(H,18,19). The van der Waals surface area contributed by atoms with Crippen LogP contribution in [0.1, 0.15) is 42.5 Å². The van der Waals surface area contributed by atoms with Crippen LogP contribution in [0, 0.1) is 11.7 Å². The van der Waals surface area contributed by atoms with Gasteiger partial charge in [-0.15, -0.1) is 0 Å². The Kier molecular flexibility index (Phi) is 4.14. The van der Waals surface area contributed by atoms with Crippen molar-refractivity contribution in [2.24, 2.45) is 5.92 Å². The number of nitrogens with one attached hydrogen (secondary N) is 1. The molecule has 0 unspecified atom stereocenters. The predicted octanol–water partition coefficient (Wildman–Crippen LogP) is 3.04. The molecular formula is C14H16FNO3. The third-order valence-electron chi connectivity index (χ3n) is 3.43. The monoisotopic (exact) mass is 265 g/mol. The van der Waals surface area contributed by atoms with Crippen molar-refractivity contribution in [1.82, 2.24) is 0 Å². The highest BCUT2D eigenvalue weighted by atomic mass is 19.1. The van der Waals surface area contributed by atoms with Gasteiger partial charge < -0.3 is 10.4 Å². The molecule has 1 aromatic carbocycles. The summed E-state index contributed by atoms with van der Waals surface area (Å²) in [6.07, 6.45) is 4.71. The first-order chi connectivity index (χ1) is 9.06. The molecule has 1 aliphatic carbocycles. The first-order valence-corrected chi connectivity index (χ1v) is 6.39. The number of carbonyl (C=O) groups is 2. The molecule has 1 fully saturated rings. The van der Waals surface area contributed by atoms with E-state index in [2.05, 4.69) is 5.32 Å². The Hall–Kier alpha value is -1.91. The average molecular weight is 265 g/mol. The summed E-state index contributed by atoms with van der Waals surface area (Å²) in [6, 6.07) is 3.26. The first kappa shape index (κ1) is 13.5. The van der Waals surface area contributed by atoms with Crippen LogP contribution in [0.2, 0.25) is 0 Å². The Morgan fingerprint density at radius 3 is 2.63 bits per heavy atom. The van der Waals surface area contributed by atoms with E-state index in [1.807, 2.05) is 0 Å². The van der Waals surface area contributed by atoms with E-state index in [-0.39, 0.29) is 17.2 Å². The minimum atomic E-state index is -1.18. The molecule has 1 aromatic rings. The van der Waals surface area contributed by atoms with Crippen LogP contribution in [-0.2, 0) is 4.79 Å². The predicted molar refractivity (Wildman–Crippen MR) is 68.6 cm³/mol. The number of hydrogen-bond donors (Lipinski definition) is 2. The second-order valence-corrected chi connectivity index (χ2v) is 4.90. The number of anilines is 1. The topological polar surface area (TPSA) is 66.4 Å². The summed E-state index contributed by atoms with van der Waals surface area (Å²) in [5.41, 5.74) is -0.0725. The maximum atomic E-state index is 13.1. The molecule has 0 aromatic heterocycles. The lowest BCUT2D eigenvalue weighted by Gasteiger charge is -2.11. The fourth-order valence-corrected chi connectivity index (χ4v) is 2.48. The van der Waals surface area contributed by atoms with Crippen LogP contribution in [0.15, 0.2) is 18.2 Å². The molecule has 0 heterocycles. The summed E-state index contributed by atoms with van der Waals surface area (Å²) in [5.74, 6) is -1.64.